The Kier molecular flexibility index (Phi) is 1.93. The molecule has 13 heavy (non-hydrogen) atoms. The van der Waals surface area contributed by atoms with Crippen LogP contribution in [0.1, 0.15) is 28.4 Å². The van der Waals surface area contributed by atoms with E-state index < -0.39 is 0 Å². The minimum atomic E-state index is 0.273. The number of nitrogens with zero attached hydrogens (tertiary/aromatic N) is 1. The van der Waals surface area contributed by atoms with Gasteiger partial charge in [-0.1, -0.05) is 24.3 Å². The normalized spacial score (nSPS) is 20.8. The molecule has 2 nitrogen and oxygen atoms in total. The Bertz CT molecular complexity index is 344. The van der Waals surface area contributed by atoms with Crippen LogP contribution in [0.2, 0.25) is 0 Å². The van der Waals surface area contributed by atoms with Gasteiger partial charge in [-0.05, 0) is 19.7 Å². The molecular formula is C11H13NO. The quantitative estimate of drug-likeness (QED) is 0.649. The van der Waals surface area contributed by atoms with Crippen molar-refractivity contribution in [3.05, 3.63) is 35.4 Å². The van der Waals surface area contributed by atoms with Crippen LogP contribution < -0.4 is 0 Å². The average Bonchev–Trinajstić information content (AvgIpc) is 2.45. The highest BCUT2D eigenvalue weighted by Gasteiger charge is 2.29. The van der Waals surface area contributed by atoms with Crippen LogP contribution in [-0.2, 0) is 0 Å². The van der Waals surface area contributed by atoms with Gasteiger partial charge in [0.15, 0.2) is 5.78 Å². The second-order valence-corrected chi connectivity index (χ2v) is 3.69. The Balaban J connectivity index is 2.47. The maximum Gasteiger partial charge on any atom is 0.165 e. The summed E-state index contributed by atoms with van der Waals surface area (Å²) in [5, 5.41) is 0. The van der Waals surface area contributed by atoms with E-state index in [2.05, 4.69) is 4.90 Å². The third-order valence-corrected chi connectivity index (χ3v) is 2.62. The largest absolute Gasteiger partial charge is 0.302 e. The first kappa shape index (κ1) is 8.45. The number of benzene rings is 1. The lowest BCUT2D eigenvalue weighted by molar-refractivity contribution is 0.0970. The molecule has 1 atom stereocenters. The zero-order valence-electron chi connectivity index (χ0n) is 7.95. The molecule has 68 valence electrons. The smallest absolute Gasteiger partial charge is 0.165 e. The third-order valence-electron chi connectivity index (χ3n) is 2.62. The van der Waals surface area contributed by atoms with Crippen LogP contribution in [0.3, 0.4) is 0 Å². The molecule has 0 bridgehead atoms. The number of fused-ring (bicyclic) bond motifs is 1. The summed E-state index contributed by atoms with van der Waals surface area (Å²) >= 11 is 0. The number of carbonyl (C=O) groups is 1. The van der Waals surface area contributed by atoms with E-state index in [0.717, 1.165) is 5.56 Å². The molecule has 1 aliphatic carbocycles. The van der Waals surface area contributed by atoms with Gasteiger partial charge in [0.25, 0.3) is 0 Å². The summed E-state index contributed by atoms with van der Waals surface area (Å²) in [6.45, 7) is 0. The summed E-state index contributed by atoms with van der Waals surface area (Å²) in [4.78, 5) is 13.7. The lowest BCUT2D eigenvalue weighted by Crippen LogP contribution is -2.17. The van der Waals surface area contributed by atoms with Crippen LogP contribution in [-0.4, -0.2) is 24.8 Å². The molecule has 0 aromatic heterocycles. The minimum Gasteiger partial charge on any atom is -0.302 e. The van der Waals surface area contributed by atoms with E-state index in [1.165, 1.54) is 5.56 Å². The van der Waals surface area contributed by atoms with Gasteiger partial charge in [-0.3, -0.25) is 4.79 Å². The standard InChI is InChI=1S/C11H13NO/c1-12(2)10-7-11(13)9-6-4-3-5-8(9)10/h3-6,10H,7H2,1-2H3. The number of hydrogen-bond acceptors (Lipinski definition) is 2. The zero-order chi connectivity index (χ0) is 9.42. The predicted octanol–water partition coefficient (Wildman–Crippen LogP) is 1.88. The molecule has 2 heteroatoms. The number of hydrogen-bond donors (Lipinski definition) is 0. The molecule has 1 aromatic rings. The van der Waals surface area contributed by atoms with Crippen molar-refractivity contribution >= 4 is 5.78 Å². The van der Waals surface area contributed by atoms with Crippen molar-refractivity contribution in [1.82, 2.24) is 4.90 Å². The summed E-state index contributed by atoms with van der Waals surface area (Å²) in [5.41, 5.74) is 2.08. The molecule has 1 aliphatic rings. The maximum absolute atomic E-state index is 11.6. The monoisotopic (exact) mass is 175 g/mol. The molecule has 0 saturated carbocycles. The molecule has 0 amide bonds. The lowest BCUT2D eigenvalue weighted by atomic mass is 10.1. The van der Waals surface area contributed by atoms with Gasteiger partial charge in [0.2, 0.25) is 0 Å². The van der Waals surface area contributed by atoms with Crippen molar-refractivity contribution in [3.8, 4) is 0 Å². The third kappa shape index (κ3) is 1.27. The van der Waals surface area contributed by atoms with Crippen LogP contribution in [0.4, 0.5) is 0 Å². The fourth-order valence-electron chi connectivity index (χ4n) is 1.90. The van der Waals surface area contributed by atoms with Gasteiger partial charge in [0.1, 0.15) is 0 Å². The van der Waals surface area contributed by atoms with Crippen molar-refractivity contribution in [3.63, 3.8) is 0 Å². The van der Waals surface area contributed by atoms with E-state index in [0.29, 0.717) is 6.42 Å². The number of Topliss-reactive ketones (excluding diaryl/α,β-unsaturated/α-hetero) is 1. The highest BCUT2D eigenvalue weighted by atomic mass is 16.1. The van der Waals surface area contributed by atoms with Crippen molar-refractivity contribution in [1.29, 1.82) is 0 Å². The minimum absolute atomic E-state index is 0.273. The molecule has 2 rings (SSSR count). The zero-order valence-corrected chi connectivity index (χ0v) is 7.95. The second kappa shape index (κ2) is 2.96. The second-order valence-electron chi connectivity index (χ2n) is 3.69. The van der Waals surface area contributed by atoms with Crippen LogP contribution in [0, 0.1) is 0 Å². The van der Waals surface area contributed by atoms with Crippen LogP contribution >= 0.6 is 0 Å². The van der Waals surface area contributed by atoms with E-state index in [1.54, 1.807) is 0 Å². The highest BCUT2D eigenvalue weighted by Crippen LogP contribution is 2.33. The Labute approximate surface area is 78.2 Å². The Morgan fingerprint density at radius 1 is 1.31 bits per heavy atom. The van der Waals surface area contributed by atoms with E-state index in [4.69, 9.17) is 0 Å². The number of carbonyl (C=O) groups excluding carboxylic acids is 1. The van der Waals surface area contributed by atoms with Gasteiger partial charge in [0, 0.05) is 18.0 Å². The molecule has 1 aromatic carbocycles. The van der Waals surface area contributed by atoms with Gasteiger partial charge in [0.05, 0.1) is 0 Å². The van der Waals surface area contributed by atoms with Crippen LogP contribution in [0.5, 0.6) is 0 Å². The topological polar surface area (TPSA) is 20.3 Å². The van der Waals surface area contributed by atoms with E-state index >= 15 is 0 Å². The van der Waals surface area contributed by atoms with E-state index in [-0.39, 0.29) is 11.8 Å². The first-order valence-corrected chi connectivity index (χ1v) is 4.48. The molecule has 0 aliphatic heterocycles. The Hall–Kier alpha value is -1.15. The predicted molar refractivity (Wildman–Crippen MR) is 51.8 cm³/mol. The summed E-state index contributed by atoms with van der Waals surface area (Å²) < 4.78 is 0. The van der Waals surface area contributed by atoms with E-state index in [1.807, 2.05) is 38.4 Å². The van der Waals surface area contributed by atoms with Gasteiger partial charge >= 0.3 is 0 Å². The van der Waals surface area contributed by atoms with E-state index in [9.17, 15) is 4.79 Å². The summed E-state index contributed by atoms with van der Waals surface area (Å²) in [7, 11) is 4.03. The van der Waals surface area contributed by atoms with Crippen molar-refractivity contribution in [2.24, 2.45) is 0 Å². The summed E-state index contributed by atoms with van der Waals surface area (Å²) in [5.74, 6) is 0.273. The molecule has 0 saturated heterocycles. The molecule has 0 N–H and O–H groups in total. The summed E-state index contributed by atoms with van der Waals surface area (Å²) in [6.07, 6.45) is 0.631. The maximum atomic E-state index is 11.6. The van der Waals surface area contributed by atoms with Crippen molar-refractivity contribution in [2.45, 2.75) is 12.5 Å². The number of ketones is 1. The van der Waals surface area contributed by atoms with Gasteiger partial charge in [-0.2, -0.15) is 0 Å². The lowest BCUT2D eigenvalue weighted by Gasteiger charge is -2.18. The van der Waals surface area contributed by atoms with Gasteiger partial charge in [-0.25, -0.2) is 0 Å². The average molecular weight is 175 g/mol. The van der Waals surface area contributed by atoms with Crippen molar-refractivity contribution < 1.29 is 4.79 Å². The molecule has 1 unspecified atom stereocenters. The summed E-state index contributed by atoms with van der Waals surface area (Å²) in [6, 6.07) is 8.16. The first-order chi connectivity index (χ1) is 6.20. The van der Waals surface area contributed by atoms with Crippen LogP contribution in [0.25, 0.3) is 0 Å². The highest BCUT2D eigenvalue weighted by molar-refractivity contribution is 6.01. The van der Waals surface area contributed by atoms with Gasteiger partial charge in [-0.15, -0.1) is 0 Å². The van der Waals surface area contributed by atoms with Crippen LogP contribution in [0.15, 0.2) is 24.3 Å². The SMILES string of the molecule is CN(C)C1CC(=O)c2ccccc21. The molecule has 0 heterocycles. The fourth-order valence-corrected chi connectivity index (χ4v) is 1.90. The fraction of sp³-hybridized carbons (Fsp3) is 0.364. The Morgan fingerprint density at radius 2 is 2.00 bits per heavy atom. The first-order valence-electron chi connectivity index (χ1n) is 4.48. The van der Waals surface area contributed by atoms with Crippen molar-refractivity contribution in [2.75, 3.05) is 14.1 Å². The molecule has 0 fully saturated rings. The molecular weight excluding hydrogens is 162 g/mol. The number of rotatable bonds is 1. The van der Waals surface area contributed by atoms with Gasteiger partial charge < -0.3 is 4.90 Å². The Morgan fingerprint density at radius 3 is 2.69 bits per heavy atom. The molecule has 0 radical (unpaired) electrons. The molecule has 0 spiro atoms.